The van der Waals surface area contributed by atoms with Gasteiger partial charge in [-0.3, -0.25) is 4.79 Å². The Hall–Kier alpha value is -2.27. The minimum Gasteiger partial charge on any atom is -0.450 e. The molecule has 4 nitrogen and oxygen atoms in total. The van der Waals surface area contributed by atoms with Gasteiger partial charge in [-0.1, -0.05) is 12.1 Å². The van der Waals surface area contributed by atoms with Crippen molar-refractivity contribution < 1.29 is 9.21 Å². The maximum Gasteiger partial charge on any atom is 0.291 e. The monoisotopic (exact) mass is 398 g/mol. The number of nitrogens with zero attached hydrogens (tertiary/aromatic N) is 1. The van der Waals surface area contributed by atoms with Gasteiger partial charge in [0.1, 0.15) is 5.58 Å². The first-order valence-electron chi connectivity index (χ1n) is 8.47. The smallest absolute Gasteiger partial charge is 0.291 e. The Morgan fingerprint density at radius 3 is 2.68 bits per heavy atom. The summed E-state index contributed by atoms with van der Waals surface area (Å²) in [5.74, 6) is 0.0741. The molecule has 5 heteroatoms. The van der Waals surface area contributed by atoms with E-state index in [2.05, 4.69) is 38.3 Å². The summed E-state index contributed by atoms with van der Waals surface area (Å²) in [6, 6.07) is 13.7. The molecule has 3 aromatic rings. The van der Waals surface area contributed by atoms with Gasteiger partial charge in [0.15, 0.2) is 5.76 Å². The summed E-state index contributed by atoms with van der Waals surface area (Å²) in [6.07, 6.45) is 2.50. The Kier molecular flexibility index (Phi) is 4.25. The van der Waals surface area contributed by atoms with Crippen molar-refractivity contribution in [1.82, 2.24) is 0 Å². The van der Waals surface area contributed by atoms with Crippen molar-refractivity contribution in [1.29, 1.82) is 0 Å². The van der Waals surface area contributed by atoms with Crippen molar-refractivity contribution >= 4 is 44.2 Å². The zero-order valence-corrected chi connectivity index (χ0v) is 15.6. The molecule has 0 spiro atoms. The average Bonchev–Trinajstić information content (AvgIpc) is 3.26. The van der Waals surface area contributed by atoms with Crippen molar-refractivity contribution in [3.63, 3.8) is 0 Å². The molecular weight excluding hydrogens is 380 g/mol. The van der Waals surface area contributed by atoms with E-state index in [-0.39, 0.29) is 5.91 Å². The van der Waals surface area contributed by atoms with Crippen LogP contribution in [0.4, 0.5) is 11.4 Å². The highest BCUT2D eigenvalue weighted by Gasteiger charge is 2.16. The third kappa shape index (κ3) is 3.16. The van der Waals surface area contributed by atoms with Crippen LogP contribution in [0.2, 0.25) is 0 Å². The van der Waals surface area contributed by atoms with Gasteiger partial charge in [-0.15, -0.1) is 0 Å². The van der Waals surface area contributed by atoms with E-state index in [1.165, 1.54) is 18.5 Å². The number of rotatable bonds is 3. The van der Waals surface area contributed by atoms with E-state index in [0.29, 0.717) is 11.3 Å². The highest BCUT2D eigenvalue weighted by molar-refractivity contribution is 9.10. The van der Waals surface area contributed by atoms with Crippen LogP contribution in [-0.4, -0.2) is 19.0 Å². The zero-order valence-electron chi connectivity index (χ0n) is 14.0. The summed E-state index contributed by atoms with van der Waals surface area (Å²) in [5.41, 5.74) is 3.77. The van der Waals surface area contributed by atoms with E-state index < -0.39 is 0 Å². The van der Waals surface area contributed by atoms with Crippen LogP contribution in [0, 0.1) is 6.92 Å². The Bertz CT molecular complexity index is 942. The Labute approximate surface area is 154 Å². The number of anilines is 2. The summed E-state index contributed by atoms with van der Waals surface area (Å²) < 4.78 is 6.55. The summed E-state index contributed by atoms with van der Waals surface area (Å²) in [6.45, 7) is 4.24. The molecule has 1 aromatic heterocycles. The summed E-state index contributed by atoms with van der Waals surface area (Å²) in [7, 11) is 0. The van der Waals surface area contributed by atoms with Gasteiger partial charge in [-0.2, -0.15) is 0 Å². The Balaban J connectivity index is 1.56. The molecule has 0 saturated carbocycles. The predicted molar refractivity (Wildman–Crippen MR) is 104 cm³/mol. The number of hydrogen-bond donors (Lipinski definition) is 1. The van der Waals surface area contributed by atoms with E-state index in [0.717, 1.165) is 34.2 Å². The van der Waals surface area contributed by atoms with Crippen LogP contribution in [-0.2, 0) is 0 Å². The van der Waals surface area contributed by atoms with Crippen LogP contribution >= 0.6 is 15.9 Å². The third-order valence-electron chi connectivity index (χ3n) is 4.65. The van der Waals surface area contributed by atoms with Crippen LogP contribution in [0.15, 0.2) is 51.4 Å². The van der Waals surface area contributed by atoms with Gasteiger partial charge in [0.05, 0.1) is 4.47 Å². The largest absolute Gasteiger partial charge is 0.450 e. The van der Waals surface area contributed by atoms with Gasteiger partial charge in [-0.25, -0.2) is 0 Å². The second-order valence-corrected chi connectivity index (χ2v) is 7.27. The lowest BCUT2D eigenvalue weighted by Crippen LogP contribution is -2.18. The molecule has 25 heavy (non-hydrogen) atoms. The number of furan rings is 1. The Morgan fingerprint density at radius 2 is 1.96 bits per heavy atom. The highest BCUT2D eigenvalue weighted by Crippen LogP contribution is 2.29. The van der Waals surface area contributed by atoms with Crippen molar-refractivity contribution in [2.45, 2.75) is 19.8 Å². The molecule has 2 aromatic carbocycles. The van der Waals surface area contributed by atoms with Crippen molar-refractivity contribution in [3.05, 3.63) is 58.3 Å². The van der Waals surface area contributed by atoms with Crippen LogP contribution in [0.25, 0.3) is 11.0 Å². The minimum atomic E-state index is -0.236. The topological polar surface area (TPSA) is 45.5 Å². The van der Waals surface area contributed by atoms with E-state index in [4.69, 9.17) is 4.42 Å². The fraction of sp³-hybridized carbons (Fsp3) is 0.250. The maximum absolute atomic E-state index is 12.6. The van der Waals surface area contributed by atoms with Crippen LogP contribution in [0.5, 0.6) is 0 Å². The number of benzene rings is 2. The minimum absolute atomic E-state index is 0.236. The first-order valence-corrected chi connectivity index (χ1v) is 9.26. The molecule has 1 N–H and O–H groups in total. The number of aryl methyl sites for hydroxylation is 1. The molecule has 128 valence electrons. The molecule has 0 bridgehead atoms. The van der Waals surface area contributed by atoms with E-state index in [1.807, 2.05) is 31.2 Å². The number of amides is 1. The summed E-state index contributed by atoms with van der Waals surface area (Å²) >= 11 is 3.45. The van der Waals surface area contributed by atoms with Crippen molar-refractivity contribution in [3.8, 4) is 0 Å². The molecule has 4 rings (SSSR count). The van der Waals surface area contributed by atoms with Gasteiger partial charge >= 0.3 is 0 Å². The number of halogens is 1. The maximum atomic E-state index is 12.6. The summed E-state index contributed by atoms with van der Waals surface area (Å²) in [5, 5.41) is 3.86. The molecular formula is C20H19BrN2O2. The number of fused-ring (bicyclic) bond motifs is 1. The molecule has 0 unspecified atom stereocenters. The molecule has 1 saturated heterocycles. The summed E-state index contributed by atoms with van der Waals surface area (Å²) in [4.78, 5) is 14.9. The van der Waals surface area contributed by atoms with Crippen LogP contribution in [0.1, 0.15) is 29.0 Å². The SMILES string of the molecule is Cc1cc(N2CCCC2)ccc1NC(=O)c1cc2cccc(Br)c2o1. The van der Waals surface area contributed by atoms with Gasteiger partial charge in [0.2, 0.25) is 0 Å². The standard InChI is InChI=1S/C20H19BrN2O2/c1-13-11-15(23-9-2-3-10-23)7-8-17(13)22-20(24)18-12-14-5-4-6-16(21)19(14)25-18/h4-8,11-12H,2-3,9-10H2,1H3,(H,22,24). The lowest BCUT2D eigenvalue weighted by atomic mass is 10.1. The number of hydrogen-bond acceptors (Lipinski definition) is 3. The third-order valence-corrected chi connectivity index (χ3v) is 5.27. The normalized spacial score (nSPS) is 14.2. The quantitative estimate of drug-likeness (QED) is 0.645. The lowest BCUT2D eigenvalue weighted by molar-refractivity contribution is 0.0998. The van der Waals surface area contributed by atoms with Crippen molar-refractivity contribution in [2.75, 3.05) is 23.3 Å². The number of carbonyl (C=O) groups is 1. The number of para-hydroxylation sites is 1. The fourth-order valence-electron chi connectivity index (χ4n) is 3.28. The molecule has 1 aliphatic rings. The van der Waals surface area contributed by atoms with Crippen molar-refractivity contribution in [2.24, 2.45) is 0 Å². The van der Waals surface area contributed by atoms with E-state index in [1.54, 1.807) is 6.07 Å². The Morgan fingerprint density at radius 1 is 1.16 bits per heavy atom. The van der Waals surface area contributed by atoms with Gasteiger partial charge in [0.25, 0.3) is 5.91 Å². The fourth-order valence-corrected chi connectivity index (χ4v) is 3.75. The van der Waals surface area contributed by atoms with Crippen LogP contribution in [0.3, 0.4) is 0 Å². The second kappa shape index (κ2) is 6.56. The molecule has 0 radical (unpaired) electrons. The highest BCUT2D eigenvalue weighted by atomic mass is 79.9. The average molecular weight is 399 g/mol. The van der Waals surface area contributed by atoms with Gasteiger partial charge in [0, 0.05) is 29.9 Å². The number of nitrogens with one attached hydrogen (secondary N) is 1. The molecule has 0 aliphatic carbocycles. The number of carbonyl (C=O) groups excluding carboxylic acids is 1. The lowest BCUT2D eigenvalue weighted by Gasteiger charge is -2.19. The van der Waals surface area contributed by atoms with E-state index in [9.17, 15) is 4.79 Å². The zero-order chi connectivity index (χ0) is 17.4. The molecule has 1 aliphatic heterocycles. The first kappa shape index (κ1) is 16.2. The predicted octanol–water partition coefficient (Wildman–Crippen LogP) is 5.36. The van der Waals surface area contributed by atoms with Crippen LogP contribution < -0.4 is 10.2 Å². The molecule has 2 heterocycles. The molecule has 1 amide bonds. The van der Waals surface area contributed by atoms with Gasteiger partial charge in [-0.05, 0) is 71.6 Å². The van der Waals surface area contributed by atoms with Gasteiger partial charge < -0.3 is 14.6 Å². The molecule has 1 fully saturated rings. The molecule has 0 atom stereocenters. The first-order chi connectivity index (χ1) is 12.1. The van der Waals surface area contributed by atoms with E-state index >= 15 is 0 Å². The second-order valence-electron chi connectivity index (χ2n) is 6.42.